The van der Waals surface area contributed by atoms with Crippen LogP contribution in [0, 0.1) is 12.7 Å². The van der Waals surface area contributed by atoms with Gasteiger partial charge in [-0.25, -0.2) is 14.2 Å². The molecule has 0 aliphatic heterocycles. The van der Waals surface area contributed by atoms with Crippen LogP contribution in [0.3, 0.4) is 0 Å². The van der Waals surface area contributed by atoms with Gasteiger partial charge < -0.3 is 9.47 Å². The first-order chi connectivity index (χ1) is 9.51. The van der Waals surface area contributed by atoms with Crippen molar-refractivity contribution >= 4 is 21.9 Å². The van der Waals surface area contributed by atoms with Crippen LogP contribution in [-0.4, -0.2) is 18.1 Å². The van der Waals surface area contributed by atoms with Crippen molar-refractivity contribution in [1.82, 2.24) is 4.98 Å². The average molecular weight is 340 g/mol. The maximum atomic E-state index is 13.4. The molecule has 20 heavy (non-hydrogen) atoms. The molecular formula is C14H11BrFNO3. The van der Waals surface area contributed by atoms with Gasteiger partial charge >= 0.3 is 5.97 Å². The second-order valence-electron chi connectivity index (χ2n) is 3.95. The van der Waals surface area contributed by atoms with Crippen LogP contribution >= 0.6 is 15.9 Å². The summed E-state index contributed by atoms with van der Waals surface area (Å²) in [7, 11) is 1.30. The van der Waals surface area contributed by atoms with E-state index in [9.17, 15) is 9.18 Å². The van der Waals surface area contributed by atoms with Crippen LogP contribution in [0.5, 0.6) is 11.6 Å². The smallest absolute Gasteiger partial charge is 0.339 e. The Hall–Kier alpha value is -1.95. The summed E-state index contributed by atoms with van der Waals surface area (Å²) in [5.74, 6) is -0.290. The van der Waals surface area contributed by atoms with Gasteiger partial charge in [-0.2, -0.15) is 0 Å². The number of rotatable bonds is 3. The van der Waals surface area contributed by atoms with Gasteiger partial charge in [-0.3, -0.25) is 0 Å². The normalized spacial score (nSPS) is 10.2. The zero-order valence-electron chi connectivity index (χ0n) is 10.8. The number of aromatic nitrogens is 1. The highest BCUT2D eigenvalue weighted by Crippen LogP contribution is 2.25. The molecule has 1 aromatic carbocycles. The number of carbonyl (C=O) groups is 1. The minimum atomic E-state index is -0.462. The molecule has 104 valence electrons. The van der Waals surface area contributed by atoms with Crippen molar-refractivity contribution in [2.45, 2.75) is 6.92 Å². The van der Waals surface area contributed by atoms with E-state index in [1.165, 1.54) is 19.2 Å². The van der Waals surface area contributed by atoms with Crippen LogP contribution in [0.15, 0.2) is 34.8 Å². The summed E-state index contributed by atoms with van der Waals surface area (Å²) >= 11 is 3.06. The van der Waals surface area contributed by atoms with E-state index in [0.29, 0.717) is 21.5 Å². The fourth-order valence-corrected chi connectivity index (χ4v) is 1.83. The number of nitrogens with zero attached hydrogens (tertiary/aromatic N) is 1. The molecule has 1 heterocycles. The third-order valence-electron chi connectivity index (χ3n) is 2.58. The zero-order chi connectivity index (χ0) is 14.7. The summed E-state index contributed by atoms with van der Waals surface area (Å²) in [6.45, 7) is 1.67. The number of hydrogen-bond donors (Lipinski definition) is 0. The first-order valence-corrected chi connectivity index (χ1v) is 6.49. The third kappa shape index (κ3) is 3.14. The van der Waals surface area contributed by atoms with Crippen LogP contribution < -0.4 is 4.74 Å². The molecule has 4 nitrogen and oxygen atoms in total. The molecule has 0 aliphatic rings. The minimum absolute atomic E-state index is 0.275. The lowest BCUT2D eigenvalue weighted by atomic mass is 10.2. The van der Waals surface area contributed by atoms with Crippen LogP contribution in [-0.2, 0) is 4.74 Å². The molecule has 2 rings (SSSR count). The SMILES string of the molecule is COC(=O)c1ccc(Oc2ccc(Br)c(F)c2)nc1C. The van der Waals surface area contributed by atoms with Crippen molar-refractivity contribution in [1.29, 1.82) is 0 Å². The van der Waals surface area contributed by atoms with Crippen molar-refractivity contribution in [2.75, 3.05) is 7.11 Å². The lowest BCUT2D eigenvalue weighted by Gasteiger charge is -2.08. The lowest BCUT2D eigenvalue weighted by molar-refractivity contribution is 0.0599. The van der Waals surface area contributed by atoms with Crippen molar-refractivity contribution in [3.63, 3.8) is 0 Å². The third-order valence-corrected chi connectivity index (χ3v) is 3.22. The molecule has 0 N–H and O–H groups in total. The van der Waals surface area contributed by atoms with E-state index in [0.717, 1.165) is 0 Å². The molecule has 0 saturated carbocycles. The lowest BCUT2D eigenvalue weighted by Crippen LogP contribution is -2.05. The molecule has 0 unspecified atom stereocenters. The van der Waals surface area contributed by atoms with Gasteiger partial charge in [0.2, 0.25) is 5.88 Å². The fraction of sp³-hybridized carbons (Fsp3) is 0.143. The predicted octanol–water partition coefficient (Wildman–Crippen LogP) is 3.87. The van der Waals surface area contributed by atoms with Crippen molar-refractivity contribution < 1.29 is 18.7 Å². The number of hydrogen-bond acceptors (Lipinski definition) is 4. The van der Waals surface area contributed by atoms with E-state index in [4.69, 9.17) is 4.74 Å². The van der Waals surface area contributed by atoms with Crippen LogP contribution in [0.4, 0.5) is 4.39 Å². The maximum absolute atomic E-state index is 13.4. The first-order valence-electron chi connectivity index (χ1n) is 5.70. The van der Waals surface area contributed by atoms with Crippen LogP contribution in [0.25, 0.3) is 0 Å². The number of esters is 1. The highest BCUT2D eigenvalue weighted by Gasteiger charge is 2.11. The summed E-state index contributed by atoms with van der Waals surface area (Å²) in [6, 6.07) is 7.48. The topological polar surface area (TPSA) is 48.4 Å². The molecule has 0 amide bonds. The summed E-state index contributed by atoms with van der Waals surface area (Å²) in [4.78, 5) is 15.6. The van der Waals surface area contributed by atoms with E-state index in [-0.39, 0.29) is 5.88 Å². The molecular weight excluding hydrogens is 329 g/mol. The summed E-state index contributed by atoms with van der Waals surface area (Å²) in [6.07, 6.45) is 0. The number of carbonyl (C=O) groups excluding carboxylic acids is 1. The average Bonchev–Trinajstić information content (AvgIpc) is 2.42. The quantitative estimate of drug-likeness (QED) is 0.796. The number of halogens is 2. The number of methoxy groups -OCH3 is 1. The van der Waals surface area contributed by atoms with Gasteiger partial charge in [0.25, 0.3) is 0 Å². The van der Waals surface area contributed by atoms with Gasteiger partial charge in [0.1, 0.15) is 11.6 Å². The molecule has 0 radical (unpaired) electrons. The molecule has 0 atom stereocenters. The Balaban J connectivity index is 2.24. The van der Waals surface area contributed by atoms with Gasteiger partial charge in [-0.1, -0.05) is 0 Å². The largest absolute Gasteiger partial charge is 0.465 e. The zero-order valence-corrected chi connectivity index (χ0v) is 12.4. The Morgan fingerprint density at radius 1 is 1.30 bits per heavy atom. The second kappa shape index (κ2) is 6.00. The van der Waals surface area contributed by atoms with E-state index >= 15 is 0 Å². The van der Waals surface area contributed by atoms with Crippen molar-refractivity contribution in [3.05, 3.63) is 51.9 Å². The Morgan fingerprint density at radius 2 is 2.05 bits per heavy atom. The van der Waals surface area contributed by atoms with Gasteiger partial charge in [0.15, 0.2) is 0 Å². The summed E-state index contributed by atoms with van der Waals surface area (Å²) in [5.41, 5.74) is 0.841. The predicted molar refractivity (Wildman–Crippen MR) is 74.5 cm³/mol. The molecule has 1 aromatic heterocycles. The number of benzene rings is 1. The second-order valence-corrected chi connectivity index (χ2v) is 4.81. The van der Waals surface area contributed by atoms with Crippen molar-refractivity contribution in [3.8, 4) is 11.6 Å². The molecule has 0 bridgehead atoms. The Bertz CT molecular complexity index is 661. The van der Waals surface area contributed by atoms with Gasteiger partial charge in [0, 0.05) is 12.1 Å². The van der Waals surface area contributed by atoms with Crippen LogP contribution in [0.2, 0.25) is 0 Å². The standard InChI is InChI=1S/C14H11BrFNO3/c1-8-10(14(18)19-2)4-6-13(17-8)20-9-3-5-11(15)12(16)7-9/h3-7H,1-2H3. The minimum Gasteiger partial charge on any atom is -0.465 e. The molecule has 6 heteroatoms. The summed E-state index contributed by atoms with van der Waals surface area (Å²) < 4.78 is 23.8. The number of aryl methyl sites for hydroxylation is 1. The maximum Gasteiger partial charge on any atom is 0.339 e. The molecule has 0 spiro atoms. The van der Waals surface area contributed by atoms with E-state index in [2.05, 4.69) is 25.7 Å². The van der Waals surface area contributed by atoms with Crippen molar-refractivity contribution in [2.24, 2.45) is 0 Å². The van der Waals surface area contributed by atoms with E-state index < -0.39 is 11.8 Å². The molecule has 0 saturated heterocycles. The Kier molecular flexibility index (Phi) is 4.34. The fourth-order valence-electron chi connectivity index (χ4n) is 1.58. The summed E-state index contributed by atoms with van der Waals surface area (Å²) in [5, 5.41) is 0. The van der Waals surface area contributed by atoms with Gasteiger partial charge in [0.05, 0.1) is 22.8 Å². The number of pyridine rings is 1. The highest BCUT2D eigenvalue weighted by molar-refractivity contribution is 9.10. The van der Waals surface area contributed by atoms with E-state index in [1.807, 2.05) is 0 Å². The Morgan fingerprint density at radius 3 is 2.65 bits per heavy atom. The van der Waals surface area contributed by atoms with Gasteiger partial charge in [-0.05, 0) is 41.1 Å². The molecule has 0 aliphatic carbocycles. The molecule has 0 fully saturated rings. The highest BCUT2D eigenvalue weighted by atomic mass is 79.9. The Labute approximate surface area is 123 Å². The molecule has 2 aromatic rings. The first kappa shape index (κ1) is 14.5. The monoisotopic (exact) mass is 339 g/mol. The number of ether oxygens (including phenoxy) is 2. The van der Waals surface area contributed by atoms with Crippen LogP contribution in [0.1, 0.15) is 16.1 Å². The van der Waals surface area contributed by atoms with Gasteiger partial charge in [-0.15, -0.1) is 0 Å². The van der Waals surface area contributed by atoms with E-state index in [1.54, 1.807) is 25.1 Å².